The van der Waals surface area contributed by atoms with Crippen molar-refractivity contribution in [3.63, 3.8) is 0 Å². The first-order chi connectivity index (χ1) is 9.67. The summed E-state index contributed by atoms with van der Waals surface area (Å²) < 4.78 is 5.62. The smallest absolute Gasteiger partial charge is 0.229 e. The molecule has 2 atom stereocenters. The number of oxime groups is 1. The van der Waals surface area contributed by atoms with Gasteiger partial charge in [0, 0.05) is 12.6 Å². The molecule has 0 aromatic heterocycles. The van der Waals surface area contributed by atoms with Gasteiger partial charge in [-0.3, -0.25) is 4.79 Å². The van der Waals surface area contributed by atoms with Crippen molar-refractivity contribution in [3.05, 3.63) is 0 Å². The molecule has 114 valence electrons. The van der Waals surface area contributed by atoms with Gasteiger partial charge >= 0.3 is 0 Å². The molecule has 2 rings (SSSR count). The molecule has 6 nitrogen and oxygen atoms in total. The predicted octanol–water partition coefficient (Wildman–Crippen LogP) is 1.32. The number of carbonyl (C=O) groups excluding carboxylic acids is 1. The van der Waals surface area contributed by atoms with Crippen molar-refractivity contribution in [1.29, 1.82) is 0 Å². The Morgan fingerprint density at radius 2 is 2.10 bits per heavy atom. The quantitative estimate of drug-likeness (QED) is 0.345. The maximum Gasteiger partial charge on any atom is 0.229 e. The number of ether oxygens (including phenoxy) is 1. The van der Waals surface area contributed by atoms with E-state index in [4.69, 9.17) is 15.7 Å². The fourth-order valence-electron chi connectivity index (χ4n) is 3.36. The molecule has 0 aromatic carbocycles. The summed E-state index contributed by atoms with van der Waals surface area (Å²) in [7, 11) is 0. The Bertz CT molecular complexity index is 367. The first kappa shape index (κ1) is 15.1. The van der Waals surface area contributed by atoms with E-state index in [0.717, 1.165) is 38.5 Å². The van der Waals surface area contributed by atoms with Gasteiger partial charge in [-0.25, -0.2) is 0 Å². The molecular weight excluding hydrogens is 258 g/mol. The van der Waals surface area contributed by atoms with Gasteiger partial charge in [0.05, 0.1) is 18.6 Å². The SMILES string of the molecule is CCC1OCCC1C(=O)N(CC(N)=NO)C1CCCC1. The van der Waals surface area contributed by atoms with Crippen molar-refractivity contribution in [1.82, 2.24) is 4.90 Å². The predicted molar refractivity (Wildman–Crippen MR) is 75.5 cm³/mol. The minimum Gasteiger partial charge on any atom is -0.409 e. The van der Waals surface area contributed by atoms with Gasteiger partial charge in [0.1, 0.15) is 0 Å². The van der Waals surface area contributed by atoms with Gasteiger partial charge < -0.3 is 20.6 Å². The van der Waals surface area contributed by atoms with Crippen LogP contribution in [0.2, 0.25) is 0 Å². The molecule has 1 aliphatic heterocycles. The Hall–Kier alpha value is -1.30. The molecule has 2 unspecified atom stereocenters. The molecule has 0 aromatic rings. The summed E-state index contributed by atoms with van der Waals surface area (Å²) in [4.78, 5) is 14.6. The number of carbonyl (C=O) groups is 1. The lowest BCUT2D eigenvalue weighted by molar-refractivity contribution is -0.138. The van der Waals surface area contributed by atoms with Crippen LogP contribution in [0.15, 0.2) is 5.16 Å². The van der Waals surface area contributed by atoms with Gasteiger partial charge in [0.15, 0.2) is 5.84 Å². The molecular formula is C14H25N3O3. The van der Waals surface area contributed by atoms with Crippen LogP contribution in [0.4, 0.5) is 0 Å². The molecule has 1 saturated heterocycles. The maximum atomic E-state index is 12.8. The fourth-order valence-corrected chi connectivity index (χ4v) is 3.36. The second-order valence-corrected chi connectivity index (χ2v) is 5.71. The molecule has 0 bridgehead atoms. The third-order valence-electron chi connectivity index (χ3n) is 4.44. The normalized spacial score (nSPS) is 27.9. The lowest BCUT2D eigenvalue weighted by Gasteiger charge is -2.32. The Labute approximate surface area is 119 Å². The monoisotopic (exact) mass is 283 g/mol. The minimum atomic E-state index is -0.0768. The van der Waals surface area contributed by atoms with Crippen LogP contribution in [0, 0.1) is 5.92 Å². The molecule has 1 amide bonds. The summed E-state index contributed by atoms with van der Waals surface area (Å²) in [5.74, 6) is 0.122. The number of rotatable bonds is 5. The van der Waals surface area contributed by atoms with Crippen molar-refractivity contribution in [3.8, 4) is 0 Å². The lowest BCUT2D eigenvalue weighted by atomic mass is 9.96. The zero-order chi connectivity index (χ0) is 14.5. The zero-order valence-corrected chi connectivity index (χ0v) is 12.1. The molecule has 0 spiro atoms. The highest BCUT2D eigenvalue weighted by Gasteiger charge is 2.38. The Balaban J connectivity index is 2.10. The summed E-state index contributed by atoms with van der Waals surface area (Å²) in [6.07, 6.45) is 5.93. The van der Waals surface area contributed by atoms with Crippen LogP contribution in [0.1, 0.15) is 45.4 Å². The summed E-state index contributed by atoms with van der Waals surface area (Å²) >= 11 is 0. The molecule has 3 N–H and O–H groups in total. The van der Waals surface area contributed by atoms with Crippen molar-refractivity contribution < 1.29 is 14.7 Å². The van der Waals surface area contributed by atoms with E-state index in [2.05, 4.69) is 5.16 Å². The van der Waals surface area contributed by atoms with E-state index >= 15 is 0 Å². The molecule has 2 aliphatic rings. The summed E-state index contributed by atoms with van der Waals surface area (Å²) in [5.41, 5.74) is 5.62. The molecule has 2 fully saturated rings. The maximum absolute atomic E-state index is 12.8. The number of nitrogens with zero attached hydrogens (tertiary/aromatic N) is 2. The topological polar surface area (TPSA) is 88.2 Å². The van der Waals surface area contributed by atoms with E-state index in [1.165, 1.54) is 0 Å². The summed E-state index contributed by atoms with van der Waals surface area (Å²) in [6, 6.07) is 0.223. The van der Waals surface area contributed by atoms with Gasteiger partial charge in [-0.05, 0) is 25.7 Å². The van der Waals surface area contributed by atoms with E-state index in [9.17, 15) is 4.79 Å². The average molecular weight is 283 g/mol. The largest absolute Gasteiger partial charge is 0.409 e. The highest BCUT2D eigenvalue weighted by molar-refractivity contribution is 5.88. The van der Waals surface area contributed by atoms with Crippen LogP contribution in [-0.2, 0) is 9.53 Å². The third kappa shape index (κ3) is 3.23. The fraction of sp³-hybridized carbons (Fsp3) is 0.857. The van der Waals surface area contributed by atoms with Gasteiger partial charge in [0.25, 0.3) is 0 Å². The van der Waals surface area contributed by atoms with E-state index in [1.807, 2.05) is 11.8 Å². The molecule has 6 heteroatoms. The van der Waals surface area contributed by atoms with Crippen LogP contribution < -0.4 is 5.73 Å². The van der Waals surface area contributed by atoms with Gasteiger partial charge in [-0.1, -0.05) is 24.9 Å². The first-order valence-electron chi connectivity index (χ1n) is 7.55. The van der Waals surface area contributed by atoms with Crippen molar-refractivity contribution >= 4 is 11.7 Å². The number of nitrogens with two attached hydrogens (primary N) is 1. The Morgan fingerprint density at radius 1 is 1.40 bits per heavy atom. The molecule has 1 heterocycles. The highest BCUT2D eigenvalue weighted by atomic mass is 16.5. The molecule has 1 aliphatic carbocycles. The second kappa shape index (κ2) is 6.92. The van der Waals surface area contributed by atoms with Gasteiger partial charge in [-0.15, -0.1) is 0 Å². The van der Waals surface area contributed by atoms with Crippen LogP contribution in [-0.4, -0.2) is 47.1 Å². The van der Waals surface area contributed by atoms with Gasteiger partial charge in [0.2, 0.25) is 5.91 Å². The van der Waals surface area contributed by atoms with E-state index in [-0.39, 0.29) is 36.4 Å². The minimum absolute atomic E-state index is 0.0127. The number of amides is 1. The number of hydrogen-bond donors (Lipinski definition) is 2. The van der Waals surface area contributed by atoms with Gasteiger partial charge in [-0.2, -0.15) is 0 Å². The lowest BCUT2D eigenvalue weighted by Crippen LogP contribution is -2.48. The summed E-state index contributed by atoms with van der Waals surface area (Å²) in [6.45, 7) is 2.91. The molecule has 0 radical (unpaired) electrons. The Kier molecular flexibility index (Phi) is 5.23. The second-order valence-electron chi connectivity index (χ2n) is 5.71. The molecule has 20 heavy (non-hydrogen) atoms. The molecule has 1 saturated carbocycles. The van der Waals surface area contributed by atoms with Crippen LogP contribution >= 0.6 is 0 Å². The highest BCUT2D eigenvalue weighted by Crippen LogP contribution is 2.30. The third-order valence-corrected chi connectivity index (χ3v) is 4.44. The van der Waals surface area contributed by atoms with E-state index in [1.54, 1.807) is 0 Å². The number of hydrogen-bond acceptors (Lipinski definition) is 4. The average Bonchev–Trinajstić information content (AvgIpc) is 3.13. The van der Waals surface area contributed by atoms with Crippen LogP contribution in [0.25, 0.3) is 0 Å². The van der Waals surface area contributed by atoms with Crippen molar-refractivity contribution in [2.75, 3.05) is 13.2 Å². The van der Waals surface area contributed by atoms with E-state index in [0.29, 0.717) is 6.61 Å². The summed E-state index contributed by atoms with van der Waals surface area (Å²) in [5, 5.41) is 11.8. The van der Waals surface area contributed by atoms with Crippen LogP contribution in [0.5, 0.6) is 0 Å². The van der Waals surface area contributed by atoms with Crippen molar-refractivity contribution in [2.24, 2.45) is 16.8 Å². The van der Waals surface area contributed by atoms with Crippen LogP contribution in [0.3, 0.4) is 0 Å². The number of amidine groups is 1. The Morgan fingerprint density at radius 3 is 2.70 bits per heavy atom. The standard InChI is InChI=1S/C14H25N3O3/c1-2-12-11(7-8-20-12)14(18)17(9-13(15)16-19)10-5-3-4-6-10/h10-12,19H,2-9H2,1H3,(H2,15,16). The van der Waals surface area contributed by atoms with E-state index < -0.39 is 0 Å². The van der Waals surface area contributed by atoms with Crippen molar-refractivity contribution in [2.45, 2.75) is 57.6 Å². The zero-order valence-electron chi connectivity index (χ0n) is 12.1. The first-order valence-corrected chi connectivity index (χ1v) is 7.55.